The van der Waals surface area contributed by atoms with Gasteiger partial charge in [-0.25, -0.2) is 19.3 Å². The van der Waals surface area contributed by atoms with Gasteiger partial charge >= 0.3 is 0 Å². The Morgan fingerprint density at radius 2 is 1.53 bits per heavy atom. The summed E-state index contributed by atoms with van der Waals surface area (Å²) in [5.41, 5.74) is 11.8. The smallest absolute Gasteiger partial charge is 0.247 e. The summed E-state index contributed by atoms with van der Waals surface area (Å²) in [6.45, 7) is 17.8. The summed E-state index contributed by atoms with van der Waals surface area (Å²) in [4.78, 5) is 41.7. The molecule has 0 spiro atoms. The maximum Gasteiger partial charge on any atom is 0.247 e. The number of para-hydroxylation sites is 2. The number of likely N-dealkylation sites (N-methyl/N-ethyl adjacent to an activating group) is 1. The van der Waals surface area contributed by atoms with E-state index in [0.29, 0.717) is 101 Å². The van der Waals surface area contributed by atoms with Crippen molar-refractivity contribution in [3.8, 4) is 22.7 Å². The molecule has 3 aromatic heterocycles. The van der Waals surface area contributed by atoms with Gasteiger partial charge in [0.2, 0.25) is 11.8 Å². The van der Waals surface area contributed by atoms with Crippen LogP contribution in [0.5, 0.6) is 5.75 Å². The molecule has 6 aromatic rings. The minimum Gasteiger partial charge on any atom is -0.487 e. The van der Waals surface area contributed by atoms with E-state index in [4.69, 9.17) is 44.5 Å². The zero-order chi connectivity index (χ0) is 57.0. The Morgan fingerprint density at radius 3 is 2.26 bits per heavy atom. The summed E-state index contributed by atoms with van der Waals surface area (Å²) in [6.07, 6.45) is 15.3. The number of piperidine rings is 1. The van der Waals surface area contributed by atoms with Gasteiger partial charge in [-0.1, -0.05) is 56.3 Å². The highest BCUT2D eigenvalue weighted by Gasteiger charge is 2.32. The molecule has 1 unspecified atom stereocenters. The Morgan fingerprint density at radius 1 is 0.815 bits per heavy atom. The van der Waals surface area contributed by atoms with Crippen molar-refractivity contribution in [1.29, 1.82) is 0 Å². The summed E-state index contributed by atoms with van der Waals surface area (Å²) >= 11 is 0. The molecule has 19 heteroatoms. The van der Waals surface area contributed by atoms with Crippen molar-refractivity contribution in [2.24, 2.45) is 17.1 Å². The van der Waals surface area contributed by atoms with Crippen molar-refractivity contribution in [3.63, 3.8) is 0 Å². The van der Waals surface area contributed by atoms with Crippen LogP contribution in [0, 0.1) is 18.3 Å². The van der Waals surface area contributed by atoms with Crippen LogP contribution in [-0.4, -0.2) is 166 Å². The van der Waals surface area contributed by atoms with E-state index < -0.39 is 11.9 Å². The number of hydrogen-bond donors (Lipinski definition) is 2. The van der Waals surface area contributed by atoms with Crippen LogP contribution in [0.25, 0.3) is 33.9 Å². The second-order valence-corrected chi connectivity index (χ2v) is 22.6. The molecule has 1 aliphatic heterocycles. The fraction of sp³-hybridized carbons (Fsp3) is 0.532. The molecule has 0 radical (unpaired) electrons. The van der Waals surface area contributed by atoms with E-state index in [0.717, 1.165) is 96.3 Å². The van der Waals surface area contributed by atoms with Crippen LogP contribution < -0.4 is 15.8 Å². The number of aryl methyl sites for hydroxylation is 1. The van der Waals surface area contributed by atoms with Gasteiger partial charge in [0.05, 0.1) is 89.0 Å². The number of primary amides is 1. The van der Waals surface area contributed by atoms with Crippen molar-refractivity contribution < 1.29 is 33.3 Å². The molecule has 4 heterocycles. The van der Waals surface area contributed by atoms with Gasteiger partial charge in [0.25, 0.3) is 0 Å². The van der Waals surface area contributed by atoms with Crippen molar-refractivity contribution in [3.05, 3.63) is 114 Å². The third-order valence-corrected chi connectivity index (χ3v) is 15.5. The number of carbonyl (C=O) groups is 2. The molecular weight excluding hydrogens is 1020 g/mol. The molecular formula is C62H86N12O7. The lowest BCUT2D eigenvalue weighted by Crippen LogP contribution is -2.49. The molecule has 8 rings (SSSR count). The van der Waals surface area contributed by atoms with Crippen molar-refractivity contribution in [2.75, 3.05) is 98.4 Å². The fourth-order valence-electron chi connectivity index (χ4n) is 10.7. The van der Waals surface area contributed by atoms with Gasteiger partial charge in [0.15, 0.2) is 0 Å². The number of anilines is 1. The number of carbonyl (C=O) groups excluding carboxylic acids is 2. The van der Waals surface area contributed by atoms with Crippen LogP contribution in [0.2, 0.25) is 0 Å². The molecule has 1 aliphatic carbocycles. The molecule has 0 bridgehead atoms. The Hall–Kier alpha value is -6.61. The fourth-order valence-corrected chi connectivity index (χ4v) is 10.7. The molecule has 81 heavy (non-hydrogen) atoms. The van der Waals surface area contributed by atoms with Crippen molar-refractivity contribution >= 4 is 34.6 Å². The molecule has 1 atom stereocenters. The number of rotatable bonds is 31. The van der Waals surface area contributed by atoms with Crippen LogP contribution >= 0.6 is 0 Å². The lowest BCUT2D eigenvalue weighted by Gasteiger charge is -2.39. The lowest BCUT2D eigenvalue weighted by atomic mass is 9.71. The van der Waals surface area contributed by atoms with E-state index in [2.05, 4.69) is 84.6 Å². The number of nitrogens with two attached hydrogens (primary N) is 1. The molecule has 436 valence electrons. The van der Waals surface area contributed by atoms with E-state index in [1.165, 1.54) is 31.8 Å². The minimum atomic E-state index is -0.598. The summed E-state index contributed by atoms with van der Waals surface area (Å²) in [5, 5.41) is 18.1. The van der Waals surface area contributed by atoms with Crippen LogP contribution in [0.3, 0.4) is 0 Å². The normalized spacial score (nSPS) is 17.0. The van der Waals surface area contributed by atoms with Crippen LogP contribution in [0.4, 0.5) is 5.82 Å². The topological polar surface area (TPSA) is 202 Å². The predicted octanol–water partition coefficient (Wildman–Crippen LogP) is 8.38. The minimum absolute atomic E-state index is 0.240. The highest BCUT2D eigenvalue weighted by atomic mass is 16.6. The highest BCUT2D eigenvalue weighted by Crippen LogP contribution is 2.39. The van der Waals surface area contributed by atoms with Gasteiger partial charge < -0.3 is 44.5 Å². The third kappa shape index (κ3) is 18.2. The largest absolute Gasteiger partial charge is 0.487 e. The molecule has 3 N–H and O–H groups in total. The first-order valence-electron chi connectivity index (χ1n) is 29.0. The first-order valence-corrected chi connectivity index (χ1v) is 29.0. The van der Waals surface area contributed by atoms with Gasteiger partial charge in [-0.2, -0.15) is 5.10 Å². The first-order chi connectivity index (χ1) is 39.3. The maximum absolute atomic E-state index is 13.3. The number of hydrogen-bond acceptors (Lipinski definition) is 15. The van der Waals surface area contributed by atoms with Gasteiger partial charge in [-0.15, -0.1) is 5.10 Å². The Labute approximate surface area is 478 Å². The average molecular weight is 1110 g/mol. The number of aromatic nitrogens is 7. The molecule has 19 nitrogen and oxygen atoms in total. The second-order valence-electron chi connectivity index (χ2n) is 22.6. The SMILES string of the molecule is Cc1cc(-c2nn(-c3ccccc3)cc2/C=C/C(=O)N2CCCCC2C(N)=O)ccc1OCc1cn(CCOCCOCCOCCOCCN(C)CCCNc2nc(CN(C)C3CCC(C(C)(C)C)CC3)nc3ccccc23)nn1. The lowest BCUT2D eigenvalue weighted by molar-refractivity contribution is -0.137. The van der Waals surface area contributed by atoms with Gasteiger partial charge in [-0.05, 0) is 144 Å². The molecule has 3 aromatic carbocycles. The third-order valence-electron chi connectivity index (χ3n) is 15.5. The van der Waals surface area contributed by atoms with Crippen LogP contribution in [0.1, 0.15) is 94.8 Å². The Kier molecular flexibility index (Phi) is 22.7. The van der Waals surface area contributed by atoms with E-state index >= 15 is 0 Å². The van der Waals surface area contributed by atoms with Gasteiger partial charge in [0, 0.05) is 54.5 Å². The van der Waals surface area contributed by atoms with Gasteiger partial charge in [0.1, 0.15) is 35.7 Å². The zero-order valence-corrected chi connectivity index (χ0v) is 48.6. The number of nitrogens with zero attached hydrogens (tertiary/aromatic N) is 10. The number of ether oxygens (including phenoxy) is 5. The van der Waals surface area contributed by atoms with Gasteiger partial charge in [-0.3, -0.25) is 14.5 Å². The zero-order valence-electron chi connectivity index (χ0n) is 48.6. The molecule has 1 saturated heterocycles. The molecule has 2 fully saturated rings. The molecule has 1 saturated carbocycles. The Balaban J connectivity index is 0.650. The predicted molar refractivity (Wildman–Crippen MR) is 316 cm³/mol. The summed E-state index contributed by atoms with van der Waals surface area (Å²) in [6, 6.07) is 23.9. The van der Waals surface area contributed by atoms with E-state index in [9.17, 15) is 9.59 Å². The van der Waals surface area contributed by atoms with Crippen molar-refractivity contribution in [1.82, 2.24) is 49.4 Å². The summed E-state index contributed by atoms with van der Waals surface area (Å²) in [7, 11) is 4.36. The first kappa shape index (κ1) is 60.5. The number of amides is 2. The highest BCUT2D eigenvalue weighted by molar-refractivity contribution is 5.96. The van der Waals surface area contributed by atoms with Crippen LogP contribution in [0.15, 0.2) is 91.3 Å². The number of fused-ring (bicyclic) bond motifs is 1. The molecule has 2 amide bonds. The quantitative estimate of drug-likeness (QED) is 0.0310. The van der Waals surface area contributed by atoms with Crippen molar-refractivity contribution in [2.45, 2.75) is 111 Å². The summed E-state index contributed by atoms with van der Waals surface area (Å²) in [5.74, 6) is 2.57. The number of nitrogens with one attached hydrogen (secondary N) is 1. The number of likely N-dealkylation sites (tertiary alicyclic amines) is 1. The van der Waals surface area contributed by atoms with Crippen LogP contribution in [-0.2, 0) is 48.2 Å². The number of benzene rings is 3. The summed E-state index contributed by atoms with van der Waals surface area (Å²) < 4.78 is 32.7. The monoisotopic (exact) mass is 1110 g/mol. The second kappa shape index (κ2) is 30.4. The van der Waals surface area contributed by atoms with E-state index in [-0.39, 0.29) is 12.5 Å². The average Bonchev–Trinajstić information content (AvgIpc) is 4.17. The Bertz CT molecular complexity index is 2930. The van der Waals surface area contributed by atoms with E-state index in [1.54, 1.807) is 20.3 Å². The maximum atomic E-state index is 13.3. The standard InChI is InChI=1S/C62H86N12O7/c1-46-41-47(59-48(42-74(68-59)52-15-8-7-9-16-52)21-27-58(75)73-30-13-12-19-55(73)60(63)76)20-26-56(46)81-45-50-43-72(69-67-50)32-34-78-36-38-80-40-39-79-37-35-77-33-31-70(5)29-14-28-64-61-53-17-10-11-18-54(53)65-57(66-61)44-71(6)51-24-22-49(23-25-51)62(2,3)4/h7-11,15-18,20-21,26-27,41-43,49,51,55H,12-14,19,22-25,28-40,44-45H2,1-6H3,(H2,63,76)(H,64,65,66)/b27-21+. The molecule has 2 aliphatic rings. The van der Waals surface area contributed by atoms with E-state index in [1.807, 2.05) is 67.8 Å².